The van der Waals surface area contributed by atoms with Crippen LogP contribution in [-0.4, -0.2) is 24.4 Å². The molecule has 0 spiro atoms. The molecular weight excluding hydrogens is 296 g/mol. The minimum absolute atomic E-state index is 0.0898. The van der Waals surface area contributed by atoms with Crippen molar-refractivity contribution in [2.24, 2.45) is 0 Å². The molecule has 0 amide bonds. The highest BCUT2D eigenvalue weighted by atomic mass is 79.9. The van der Waals surface area contributed by atoms with E-state index in [-0.39, 0.29) is 6.10 Å². The summed E-state index contributed by atoms with van der Waals surface area (Å²) in [6.45, 7) is 3.34. The van der Waals surface area contributed by atoms with Crippen LogP contribution >= 0.6 is 15.9 Å². The minimum atomic E-state index is -0.574. The van der Waals surface area contributed by atoms with E-state index in [0.717, 1.165) is 41.7 Å². The molecule has 0 aliphatic carbocycles. The molecule has 0 aromatic heterocycles. The largest absolute Gasteiger partial charge is 0.494 e. The van der Waals surface area contributed by atoms with Crippen LogP contribution < -0.4 is 4.74 Å². The molecule has 1 aliphatic rings. The predicted octanol–water partition coefficient (Wildman–Crippen LogP) is 3.45. The number of hydrogen-bond donors (Lipinski definition) is 1. The number of benzene rings is 1. The van der Waals surface area contributed by atoms with Crippen LogP contribution in [0.2, 0.25) is 0 Å². The SMILES string of the molecule is CCOc1ccc(C(O)C2CCCCO2)c(Br)c1. The molecule has 1 heterocycles. The van der Waals surface area contributed by atoms with Gasteiger partial charge < -0.3 is 14.6 Å². The smallest absolute Gasteiger partial charge is 0.120 e. The lowest BCUT2D eigenvalue weighted by Gasteiger charge is -2.28. The van der Waals surface area contributed by atoms with Crippen molar-refractivity contribution in [2.75, 3.05) is 13.2 Å². The van der Waals surface area contributed by atoms with Gasteiger partial charge in [0, 0.05) is 11.1 Å². The molecule has 1 aromatic carbocycles. The van der Waals surface area contributed by atoms with Crippen LogP contribution in [-0.2, 0) is 4.74 Å². The summed E-state index contributed by atoms with van der Waals surface area (Å²) in [5.41, 5.74) is 0.866. The van der Waals surface area contributed by atoms with Gasteiger partial charge in [-0.15, -0.1) is 0 Å². The molecule has 1 saturated heterocycles. The third-order valence-electron chi connectivity index (χ3n) is 3.17. The summed E-state index contributed by atoms with van der Waals surface area (Å²) in [4.78, 5) is 0. The summed E-state index contributed by atoms with van der Waals surface area (Å²) in [5, 5.41) is 10.4. The van der Waals surface area contributed by atoms with Gasteiger partial charge in [-0.05, 0) is 43.9 Å². The van der Waals surface area contributed by atoms with Crippen molar-refractivity contribution in [1.82, 2.24) is 0 Å². The number of halogens is 1. The van der Waals surface area contributed by atoms with Crippen LogP contribution in [0.25, 0.3) is 0 Å². The molecule has 18 heavy (non-hydrogen) atoms. The molecule has 100 valence electrons. The van der Waals surface area contributed by atoms with Crippen molar-refractivity contribution >= 4 is 15.9 Å². The molecule has 1 N–H and O–H groups in total. The first-order chi connectivity index (χ1) is 8.72. The van der Waals surface area contributed by atoms with E-state index in [4.69, 9.17) is 9.47 Å². The highest BCUT2D eigenvalue weighted by molar-refractivity contribution is 9.10. The average molecular weight is 315 g/mol. The van der Waals surface area contributed by atoms with Crippen molar-refractivity contribution < 1.29 is 14.6 Å². The number of ether oxygens (including phenoxy) is 2. The third kappa shape index (κ3) is 3.25. The zero-order valence-corrected chi connectivity index (χ0v) is 12.1. The van der Waals surface area contributed by atoms with Crippen molar-refractivity contribution in [3.05, 3.63) is 28.2 Å². The predicted molar refractivity (Wildman–Crippen MR) is 73.9 cm³/mol. The van der Waals surface area contributed by atoms with Crippen molar-refractivity contribution in [2.45, 2.75) is 38.4 Å². The van der Waals surface area contributed by atoms with Gasteiger partial charge in [-0.25, -0.2) is 0 Å². The van der Waals surface area contributed by atoms with Gasteiger partial charge in [-0.1, -0.05) is 22.0 Å². The Morgan fingerprint density at radius 1 is 1.50 bits per heavy atom. The van der Waals surface area contributed by atoms with Crippen molar-refractivity contribution in [1.29, 1.82) is 0 Å². The Morgan fingerprint density at radius 3 is 2.94 bits per heavy atom. The Hall–Kier alpha value is -0.580. The first kappa shape index (κ1) is 13.8. The van der Waals surface area contributed by atoms with Crippen LogP contribution in [0.15, 0.2) is 22.7 Å². The highest BCUT2D eigenvalue weighted by Crippen LogP contribution is 2.33. The first-order valence-electron chi connectivity index (χ1n) is 6.44. The summed E-state index contributed by atoms with van der Waals surface area (Å²) in [7, 11) is 0. The van der Waals surface area contributed by atoms with Gasteiger partial charge in [0.05, 0.1) is 12.7 Å². The van der Waals surface area contributed by atoms with E-state index < -0.39 is 6.10 Å². The normalized spacial score (nSPS) is 21.6. The van der Waals surface area contributed by atoms with Gasteiger partial charge in [0.15, 0.2) is 0 Å². The van der Waals surface area contributed by atoms with Crippen LogP contribution in [0.5, 0.6) is 5.75 Å². The summed E-state index contributed by atoms with van der Waals surface area (Å²) in [6.07, 6.45) is 2.47. The van der Waals surface area contributed by atoms with Gasteiger partial charge in [-0.2, -0.15) is 0 Å². The maximum Gasteiger partial charge on any atom is 0.120 e. The van der Waals surface area contributed by atoms with Crippen LogP contribution in [0.4, 0.5) is 0 Å². The van der Waals surface area contributed by atoms with E-state index in [9.17, 15) is 5.11 Å². The lowest BCUT2D eigenvalue weighted by molar-refractivity contribution is -0.0635. The Balaban J connectivity index is 2.11. The van der Waals surface area contributed by atoms with Crippen LogP contribution in [0, 0.1) is 0 Å². The molecular formula is C14H19BrO3. The van der Waals surface area contributed by atoms with E-state index in [2.05, 4.69) is 15.9 Å². The quantitative estimate of drug-likeness (QED) is 0.925. The van der Waals surface area contributed by atoms with E-state index >= 15 is 0 Å². The van der Waals surface area contributed by atoms with E-state index in [1.807, 2.05) is 25.1 Å². The van der Waals surface area contributed by atoms with E-state index in [1.165, 1.54) is 0 Å². The minimum Gasteiger partial charge on any atom is -0.494 e. The van der Waals surface area contributed by atoms with Crippen LogP contribution in [0.1, 0.15) is 37.9 Å². The maximum absolute atomic E-state index is 10.4. The monoisotopic (exact) mass is 314 g/mol. The molecule has 2 rings (SSSR count). The summed E-state index contributed by atoms with van der Waals surface area (Å²) in [5.74, 6) is 0.810. The average Bonchev–Trinajstić information content (AvgIpc) is 2.40. The molecule has 1 aromatic rings. The maximum atomic E-state index is 10.4. The number of hydrogen-bond acceptors (Lipinski definition) is 3. The van der Waals surface area contributed by atoms with Crippen molar-refractivity contribution in [3.8, 4) is 5.75 Å². The molecule has 1 aliphatic heterocycles. The van der Waals surface area contributed by atoms with Gasteiger partial charge in [0.25, 0.3) is 0 Å². The van der Waals surface area contributed by atoms with Gasteiger partial charge in [-0.3, -0.25) is 0 Å². The fourth-order valence-corrected chi connectivity index (χ4v) is 2.81. The molecule has 0 radical (unpaired) electrons. The first-order valence-corrected chi connectivity index (χ1v) is 7.23. The Labute approximate surface area is 116 Å². The molecule has 0 bridgehead atoms. The molecule has 1 fully saturated rings. The second-order valence-electron chi connectivity index (χ2n) is 4.47. The zero-order valence-electron chi connectivity index (χ0n) is 10.6. The molecule has 4 heteroatoms. The molecule has 0 saturated carbocycles. The number of rotatable bonds is 4. The highest BCUT2D eigenvalue weighted by Gasteiger charge is 2.25. The van der Waals surface area contributed by atoms with Crippen molar-refractivity contribution in [3.63, 3.8) is 0 Å². The fourth-order valence-electron chi connectivity index (χ4n) is 2.22. The second-order valence-corrected chi connectivity index (χ2v) is 5.32. The molecule has 3 nitrogen and oxygen atoms in total. The van der Waals surface area contributed by atoms with Gasteiger partial charge in [0.1, 0.15) is 11.9 Å². The Kier molecular flexibility index (Phi) is 5.03. The molecule has 2 unspecified atom stereocenters. The lowest BCUT2D eigenvalue weighted by Crippen LogP contribution is -2.26. The summed E-state index contributed by atoms with van der Waals surface area (Å²) in [6, 6.07) is 5.68. The topological polar surface area (TPSA) is 38.7 Å². The standard InChI is InChI=1S/C14H19BrO3/c1-2-17-10-6-7-11(12(15)9-10)14(16)13-5-3-4-8-18-13/h6-7,9,13-14,16H,2-5,8H2,1H3. The third-order valence-corrected chi connectivity index (χ3v) is 3.86. The zero-order chi connectivity index (χ0) is 13.0. The van der Waals surface area contributed by atoms with Gasteiger partial charge >= 0.3 is 0 Å². The number of aliphatic hydroxyl groups excluding tert-OH is 1. The Bertz CT molecular complexity index is 389. The van der Waals surface area contributed by atoms with Gasteiger partial charge in [0.2, 0.25) is 0 Å². The summed E-state index contributed by atoms with van der Waals surface area (Å²) >= 11 is 3.49. The van der Waals surface area contributed by atoms with Crippen LogP contribution in [0.3, 0.4) is 0 Å². The lowest BCUT2D eigenvalue weighted by atomic mass is 9.98. The second kappa shape index (κ2) is 6.55. The summed E-state index contributed by atoms with van der Waals surface area (Å²) < 4.78 is 11.9. The molecule has 2 atom stereocenters. The Morgan fingerprint density at radius 2 is 2.33 bits per heavy atom. The van der Waals surface area contributed by atoms with E-state index in [0.29, 0.717) is 6.61 Å². The van der Waals surface area contributed by atoms with E-state index in [1.54, 1.807) is 0 Å². The fraction of sp³-hybridized carbons (Fsp3) is 0.571. The number of aliphatic hydroxyl groups is 1.